The van der Waals surface area contributed by atoms with Gasteiger partial charge in [-0.3, -0.25) is 4.57 Å². The van der Waals surface area contributed by atoms with Gasteiger partial charge in [0.25, 0.3) is 0 Å². The second-order valence-corrected chi connectivity index (χ2v) is 9.41. The number of hydrogen-bond donors (Lipinski definition) is 2. The van der Waals surface area contributed by atoms with Gasteiger partial charge >= 0.3 is 5.69 Å². The maximum atomic E-state index is 14.1. The largest absolute Gasteiger partial charge is 0.497 e. The number of benzene rings is 3. The SMILES string of the molecule is COc1ccc(C(OC[C@H]2O[C@@H](n3cc(F)c(N)nc3=O)C[C@@H]2O)(c2ccccc2)c2ccc(OC)cc2)cc1. The number of halogens is 1. The summed E-state index contributed by atoms with van der Waals surface area (Å²) in [5.41, 5.74) is 6.00. The molecule has 1 saturated heterocycles. The van der Waals surface area contributed by atoms with E-state index < -0.39 is 41.4 Å². The first-order valence-corrected chi connectivity index (χ1v) is 12.7. The lowest BCUT2D eigenvalue weighted by Crippen LogP contribution is -2.38. The maximum Gasteiger partial charge on any atom is 0.351 e. The van der Waals surface area contributed by atoms with Gasteiger partial charge in [-0.25, -0.2) is 9.18 Å². The summed E-state index contributed by atoms with van der Waals surface area (Å²) >= 11 is 0. The first-order valence-electron chi connectivity index (χ1n) is 12.7. The third-order valence-corrected chi connectivity index (χ3v) is 7.09. The van der Waals surface area contributed by atoms with E-state index in [1.165, 1.54) is 0 Å². The third-order valence-electron chi connectivity index (χ3n) is 7.09. The highest BCUT2D eigenvalue weighted by Crippen LogP contribution is 2.42. The minimum absolute atomic E-state index is 0.0440. The van der Waals surface area contributed by atoms with E-state index in [0.29, 0.717) is 11.5 Å². The molecular weight excluding hydrogens is 517 g/mol. The average molecular weight is 548 g/mol. The van der Waals surface area contributed by atoms with E-state index in [1.54, 1.807) is 14.2 Å². The molecule has 2 heterocycles. The number of aliphatic hydroxyl groups excluding tert-OH is 1. The molecule has 0 radical (unpaired) electrons. The van der Waals surface area contributed by atoms with Crippen molar-refractivity contribution in [3.05, 3.63) is 118 Å². The molecule has 40 heavy (non-hydrogen) atoms. The molecule has 5 rings (SSSR count). The molecule has 1 aromatic heterocycles. The van der Waals surface area contributed by atoms with Crippen LogP contribution in [0.25, 0.3) is 0 Å². The molecule has 10 heteroatoms. The normalized spacial score (nSPS) is 18.9. The highest BCUT2D eigenvalue weighted by Gasteiger charge is 2.42. The predicted octanol–water partition coefficient (Wildman–Crippen LogP) is 3.64. The van der Waals surface area contributed by atoms with Crippen LogP contribution in [0.15, 0.2) is 89.9 Å². The fourth-order valence-corrected chi connectivity index (χ4v) is 4.98. The van der Waals surface area contributed by atoms with Crippen LogP contribution in [0.1, 0.15) is 29.3 Å². The summed E-state index contributed by atoms with van der Waals surface area (Å²) in [5, 5.41) is 10.9. The summed E-state index contributed by atoms with van der Waals surface area (Å²) in [6.07, 6.45) is -1.77. The highest BCUT2D eigenvalue weighted by molar-refractivity contribution is 5.49. The van der Waals surface area contributed by atoms with Gasteiger partial charge in [-0.2, -0.15) is 4.98 Å². The number of methoxy groups -OCH3 is 2. The molecule has 1 fully saturated rings. The van der Waals surface area contributed by atoms with Crippen molar-refractivity contribution in [3.63, 3.8) is 0 Å². The van der Waals surface area contributed by atoms with E-state index in [2.05, 4.69) is 4.98 Å². The lowest BCUT2D eigenvalue weighted by molar-refractivity contribution is -0.0945. The fourth-order valence-electron chi connectivity index (χ4n) is 4.98. The number of ether oxygens (including phenoxy) is 4. The van der Waals surface area contributed by atoms with Crippen molar-refractivity contribution in [3.8, 4) is 11.5 Å². The summed E-state index contributed by atoms with van der Waals surface area (Å²) < 4.78 is 38.6. The van der Waals surface area contributed by atoms with E-state index in [0.717, 1.165) is 27.5 Å². The first kappa shape index (κ1) is 27.3. The minimum atomic E-state index is -1.12. The van der Waals surface area contributed by atoms with Crippen molar-refractivity contribution in [2.75, 3.05) is 26.6 Å². The molecule has 3 N–H and O–H groups in total. The van der Waals surface area contributed by atoms with Gasteiger partial charge in [0.15, 0.2) is 11.6 Å². The number of aliphatic hydroxyl groups is 1. The van der Waals surface area contributed by atoms with Crippen LogP contribution in [0.4, 0.5) is 10.2 Å². The van der Waals surface area contributed by atoms with Crippen molar-refractivity contribution >= 4 is 5.82 Å². The highest BCUT2D eigenvalue weighted by atomic mass is 19.1. The molecule has 0 amide bonds. The second kappa shape index (κ2) is 11.5. The maximum absolute atomic E-state index is 14.1. The molecular formula is C30H30FN3O6. The number of anilines is 1. The van der Waals surface area contributed by atoms with Crippen LogP contribution in [0.2, 0.25) is 0 Å². The van der Waals surface area contributed by atoms with Crippen LogP contribution < -0.4 is 20.9 Å². The van der Waals surface area contributed by atoms with Crippen LogP contribution in [-0.4, -0.2) is 47.7 Å². The van der Waals surface area contributed by atoms with Crippen LogP contribution in [0, 0.1) is 5.82 Å². The van der Waals surface area contributed by atoms with Crippen molar-refractivity contribution < 1.29 is 28.4 Å². The Morgan fingerprint density at radius 2 is 1.52 bits per heavy atom. The van der Waals surface area contributed by atoms with Gasteiger partial charge < -0.3 is 29.8 Å². The van der Waals surface area contributed by atoms with Gasteiger partial charge in [0.1, 0.15) is 29.4 Å². The third kappa shape index (κ3) is 5.16. The Hall–Kier alpha value is -4.25. The Bertz CT molecular complexity index is 1450. The monoisotopic (exact) mass is 547 g/mol. The molecule has 208 valence electrons. The van der Waals surface area contributed by atoms with Gasteiger partial charge in [0, 0.05) is 6.42 Å². The fraction of sp³-hybridized carbons (Fsp3) is 0.267. The van der Waals surface area contributed by atoms with Crippen LogP contribution in [0.5, 0.6) is 11.5 Å². The van der Waals surface area contributed by atoms with Gasteiger partial charge in [-0.1, -0.05) is 54.6 Å². The van der Waals surface area contributed by atoms with E-state index >= 15 is 0 Å². The van der Waals surface area contributed by atoms with Gasteiger partial charge in [-0.05, 0) is 41.0 Å². The Labute approximate surface area is 230 Å². The average Bonchev–Trinajstić information content (AvgIpc) is 3.36. The molecule has 0 aliphatic carbocycles. The van der Waals surface area contributed by atoms with Crippen LogP contribution in [0.3, 0.4) is 0 Å². The van der Waals surface area contributed by atoms with Crippen molar-refractivity contribution in [2.24, 2.45) is 0 Å². The van der Waals surface area contributed by atoms with Crippen LogP contribution in [-0.2, 0) is 15.1 Å². The number of nitrogen functional groups attached to an aromatic ring is 1. The Kier molecular flexibility index (Phi) is 7.83. The topological polar surface area (TPSA) is 118 Å². The smallest absolute Gasteiger partial charge is 0.351 e. The number of nitrogens with zero attached hydrogens (tertiary/aromatic N) is 2. The van der Waals surface area contributed by atoms with E-state index in [1.807, 2.05) is 78.9 Å². The minimum Gasteiger partial charge on any atom is -0.497 e. The zero-order valence-electron chi connectivity index (χ0n) is 22.1. The quantitative estimate of drug-likeness (QED) is 0.305. The molecule has 0 unspecified atom stereocenters. The molecule has 0 spiro atoms. The number of hydrogen-bond acceptors (Lipinski definition) is 8. The standard InChI is InChI=1S/C30H30FN3O6/c1-37-22-12-8-20(9-13-22)30(19-6-4-3-5-7-19,21-10-14-23(38-2)15-11-21)39-18-26-25(35)16-27(40-26)34-17-24(31)28(32)33-29(34)36/h3-15,17,25-27,35H,16,18H2,1-2H3,(H2,32,33,36)/t25-,26+,27+/m0/s1. The molecule has 3 aromatic carbocycles. The van der Waals surface area contributed by atoms with Gasteiger partial charge in [0.2, 0.25) is 0 Å². The molecule has 0 bridgehead atoms. The Balaban J connectivity index is 1.53. The molecule has 0 saturated carbocycles. The van der Waals surface area contributed by atoms with E-state index in [-0.39, 0.29) is 13.0 Å². The zero-order chi connectivity index (χ0) is 28.3. The molecule has 4 aromatic rings. The summed E-state index contributed by atoms with van der Waals surface area (Å²) in [5.74, 6) is 0.0334. The summed E-state index contributed by atoms with van der Waals surface area (Å²) in [4.78, 5) is 15.9. The van der Waals surface area contributed by atoms with E-state index in [4.69, 9.17) is 24.7 Å². The number of aromatic nitrogens is 2. The summed E-state index contributed by atoms with van der Waals surface area (Å²) in [7, 11) is 3.20. The number of nitrogens with two attached hydrogens (primary N) is 1. The van der Waals surface area contributed by atoms with Gasteiger partial charge in [-0.15, -0.1) is 0 Å². The Morgan fingerprint density at radius 3 is 2.08 bits per heavy atom. The predicted molar refractivity (Wildman–Crippen MR) is 146 cm³/mol. The van der Waals surface area contributed by atoms with Crippen molar-refractivity contribution in [1.29, 1.82) is 0 Å². The second-order valence-electron chi connectivity index (χ2n) is 9.41. The molecule has 9 nitrogen and oxygen atoms in total. The zero-order valence-corrected chi connectivity index (χ0v) is 22.1. The first-order chi connectivity index (χ1) is 19.3. The lowest BCUT2D eigenvalue weighted by atomic mass is 9.80. The molecule has 1 aliphatic rings. The van der Waals surface area contributed by atoms with E-state index in [9.17, 15) is 14.3 Å². The molecule has 1 aliphatic heterocycles. The van der Waals surface area contributed by atoms with Crippen molar-refractivity contribution in [1.82, 2.24) is 9.55 Å². The summed E-state index contributed by atoms with van der Waals surface area (Å²) in [6, 6.07) is 24.8. The Morgan fingerprint density at radius 1 is 0.975 bits per heavy atom. The number of rotatable bonds is 9. The van der Waals surface area contributed by atoms with Crippen LogP contribution >= 0.6 is 0 Å². The van der Waals surface area contributed by atoms with Crippen molar-refractivity contribution in [2.45, 2.75) is 30.5 Å². The summed E-state index contributed by atoms with van der Waals surface area (Å²) in [6.45, 7) is -0.0513. The lowest BCUT2D eigenvalue weighted by Gasteiger charge is -2.37. The molecule has 3 atom stereocenters. The van der Waals surface area contributed by atoms with Gasteiger partial charge in [0.05, 0.1) is 33.1 Å².